The first kappa shape index (κ1) is 14.4. The van der Waals surface area contributed by atoms with E-state index in [-0.39, 0.29) is 0 Å². The Morgan fingerprint density at radius 2 is 1.95 bits per heavy atom. The predicted molar refractivity (Wildman–Crippen MR) is 83.4 cm³/mol. The van der Waals surface area contributed by atoms with E-state index >= 15 is 0 Å². The van der Waals surface area contributed by atoms with Crippen LogP contribution in [0.5, 0.6) is 0 Å². The first-order chi connectivity index (χ1) is 9.67. The van der Waals surface area contributed by atoms with Gasteiger partial charge in [-0.2, -0.15) is 0 Å². The van der Waals surface area contributed by atoms with E-state index in [1.165, 1.54) is 11.8 Å². The lowest BCUT2D eigenvalue weighted by molar-refractivity contribution is 0.967. The molecule has 0 aliphatic heterocycles. The molecule has 7 heteroatoms. The maximum absolute atomic E-state index is 5.63. The van der Waals surface area contributed by atoms with Gasteiger partial charge in [-0.1, -0.05) is 24.8 Å². The second kappa shape index (κ2) is 6.95. The standard InChI is InChI=1S/C13H18N6S/c1-2-5-16-12-4-3-9(7-17-12)8-20-13-18-10(14)6-11(15)19-13/h3-4,6-7H,2,5,8H2,1H3,(H,16,17)(H4,14,15,18,19). The Kier molecular flexibility index (Phi) is 5.00. The molecule has 0 aromatic carbocycles. The maximum Gasteiger partial charge on any atom is 0.191 e. The lowest BCUT2D eigenvalue weighted by Crippen LogP contribution is -2.01. The Balaban J connectivity index is 1.93. The summed E-state index contributed by atoms with van der Waals surface area (Å²) in [5.41, 5.74) is 12.4. The Bertz CT molecular complexity index is 537. The molecule has 5 N–H and O–H groups in total. The number of hydrogen-bond donors (Lipinski definition) is 3. The maximum atomic E-state index is 5.63. The first-order valence-corrected chi connectivity index (χ1v) is 7.37. The summed E-state index contributed by atoms with van der Waals surface area (Å²) in [6.45, 7) is 3.05. The fraction of sp³-hybridized carbons (Fsp3) is 0.308. The molecule has 0 saturated heterocycles. The van der Waals surface area contributed by atoms with Gasteiger partial charge in [0.05, 0.1) is 0 Å². The van der Waals surface area contributed by atoms with Gasteiger partial charge in [-0.15, -0.1) is 0 Å². The molecule has 0 atom stereocenters. The van der Waals surface area contributed by atoms with Crippen LogP contribution in [0.2, 0.25) is 0 Å². The van der Waals surface area contributed by atoms with Gasteiger partial charge in [0.15, 0.2) is 5.16 Å². The molecule has 2 rings (SSSR count). The van der Waals surface area contributed by atoms with Crippen LogP contribution in [-0.4, -0.2) is 21.5 Å². The van der Waals surface area contributed by atoms with Crippen molar-refractivity contribution < 1.29 is 0 Å². The summed E-state index contributed by atoms with van der Waals surface area (Å²) in [4.78, 5) is 12.6. The third-order valence-corrected chi connectivity index (χ3v) is 3.41. The Labute approximate surface area is 122 Å². The fourth-order valence-electron chi connectivity index (χ4n) is 1.54. The number of anilines is 3. The largest absolute Gasteiger partial charge is 0.383 e. The zero-order valence-electron chi connectivity index (χ0n) is 11.3. The van der Waals surface area contributed by atoms with Crippen LogP contribution in [0.25, 0.3) is 0 Å². The average molecular weight is 290 g/mol. The molecule has 2 aromatic rings. The number of aromatic nitrogens is 3. The van der Waals surface area contributed by atoms with Crippen molar-refractivity contribution in [2.45, 2.75) is 24.3 Å². The van der Waals surface area contributed by atoms with Gasteiger partial charge in [-0.3, -0.25) is 0 Å². The molecule has 2 heterocycles. The minimum absolute atomic E-state index is 0.386. The molecule has 0 bridgehead atoms. The van der Waals surface area contributed by atoms with E-state index in [2.05, 4.69) is 27.2 Å². The number of thioether (sulfide) groups is 1. The molecular weight excluding hydrogens is 272 g/mol. The molecule has 106 valence electrons. The number of rotatable bonds is 6. The molecule has 6 nitrogen and oxygen atoms in total. The van der Waals surface area contributed by atoms with Gasteiger partial charge in [-0.25, -0.2) is 15.0 Å². The number of nitrogens with two attached hydrogens (primary N) is 2. The topological polar surface area (TPSA) is 103 Å². The molecule has 20 heavy (non-hydrogen) atoms. The van der Waals surface area contributed by atoms with Gasteiger partial charge in [-0.05, 0) is 18.1 Å². The van der Waals surface area contributed by atoms with Crippen molar-refractivity contribution in [2.24, 2.45) is 0 Å². The molecule has 2 aromatic heterocycles. The second-order valence-corrected chi connectivity index (χ2v) is 5.21. The lowest BCUT2D eigenvalue weighted by Gasteiger charge is -2.05. The van der Waals surface area contributed by atoms with Gasteiger partial charge < -0.3 is 16.8 Å². The van der Waals surface area contributed by atoms with E-state index in [1.807, 2.05) is 18.3 Å². The van der Waals surface area contributed by atoms with Crippen LogP contribution in [-0.2, 0) is 5.75 Å². The quantitative estimate of drug-likeness (QED) is 0.553. The third kappa shape index (κ3) is 4.27. The van der Waals surface area contributed by atoms with Crippen LogP contribution in [0, 0.1) is 0 Å². The number of nitrogens with one attached hydrogen (secondary N) is 1. The van der Waals surface area contributed by atoms with Crippen molar-refractivity contribution in [1.29, 1.82) is 0 Å². The summed E-state index contributed by atoms with van der Waals surface area (Å²) in [5, 5.41) is 3.81. The van der Waals surface area contributed by atoms with Gasteiger partial charge in [0.25, 0.3) is 0 Å². The number of pyridine rings is 1. The van der Waals surface area contributed by atoms with Crippen LogP contribution in [0.4, 0.5) is 17.5 Å². The Hall–Kier alpha value is -2.02. The van der Waals surface area contributed by atoms with E-state index in [9.17, 15) is 0 Å². The molecular formula is C13H18N6S. The van der Waals surface area contributed by atoms with Crippen LogP contribution < -0.4 is 16.8 Å². The first-order valence-electron chi connectivity index (χ1n) is 6.39. The van der Waals surface area contributed by atoms with E-state index in [1.54, 1.807) is 6.07 Å². The Morgan fingerprint density at radius 1 is 1.20 bits per heavy atom. The number of hydrogen-bond acceptors (Lipinski definition) is 7. The predicted octanol–water partition coefficient (Wildman–Crippen LogP) is 2.15. The molecule has 0 aliphatic rings. The van der Waals surface area contributed by atoms with Crippen molar-refractivity contribution in [2.75, 3.05) is 23.3 Å². The minimum atomic E-state index is 0.386. The molecule has 0 radical (unpaired) electrons. The van der Waals surface area contributed by atoms with Gasteiger partial charge in [0.2, 0.25) is 0 Å². The Morgan fingerprint density at radius 3 is 2.55 bits per heavy atom. The summed E-state index contributed by atoms with van der Waals surface area (Å²) in [7, 11) is 0. The summed E-state index contributed by atoms with van der Waals surface area (Å²) in [6, 6.07) is 5.55. The van der Waals surface area contributed by atoms with Crippen LogP contribution in [0.15, 0.2) is 29.6 Å². The van der Waals surface area contributed by atoms with E-state index < -0.39 is 0 Å². The zero-order chi connectivity index (χ0) is 14.4. The normalized spacial score (nSPS) is 10.4. The highest BCUT2D eigenvalue weighted by Gasteiger charge is 2.03. The highest BCUT2D eigenvalue weighted by molar-refractivity contribution is 7.98. The highest BCUT2D eigenvalue weighted by atomic mass is 32.2. The van der Waals surface area contributed by atoms with E-state index in [4.69, 9.17) is 11.5 Å². The molecule has 0 fully saturated rings. The van der Waals surface area contributed by atoms with Crippen LogP contribution in [0.3, 0.4) is 0 Å². The smallest absolute Gasteiger partial charge is 0.191 e. The van der Waals surface area contributed by atoms with E-state index in [0.717, 1.165) is 30.1 Å². The van der Waals surface area contributed by atoms with E-state index in [0.29, 0.717) is 16.8 Å². The monoisotopic (exact) mass is 290 g/mol. The van der Waals surface area contributed by atoms with Gasteiger partial charge in [0.1, 0.15) is 17.5 Å². The molecule has 0 saturated carbocycles. The van der Waals surface area contributed by atoms with Gasteiger partial charge in [0, 0.05) is 24.6 Å². The van der Waals surface area contributed by atoms with Crippen LogP contribution in [0.1, 0.15) is 18.9 Å². The average Bonchev–Trinajstić information content (AvgIpc) is 2.43. The highest BCUT2D eigenvalue weighted by Crippen LogP contribution is 2.21. The van der Waals surface area contributed by atoms with Crippen molar-refractivity contribution in [1.82, 2.24) is 15.0 Å². The summed E-state index contributed by atoms with van der Waals surface area (Å²) >= 11 is 1.48. The fourth-order valence-corrected chi connectivity index (χ4v) is 2.35. The summed E-state index contributed by atoms with van der Waals surface area (Å²) < 4.78 is 0. The number of nitrogens with zero attached hydrogens (tertiary/aromatic N) is 3. The second-order valence-electron chi connectivity index (χ2n) is 4.27. The lowest BCUT2D eigenvalue weighted by atomic mass is 10.3. The molecule has 0 unspecified atom stereocenters. The number of nitrogen functional groups attached to an aromatic ring is 2. The van der Waals surface area contributed by atoms with Crippen molar-refractivity contribution >= 4 is 29.2 Å². The molecule has 0 amide bonds. The third-order valence-electron chi connectivity index (χ3n) is 2.49. The minimum Gasteiger partial charge on any atom is -0.383 e. The van der Waals surface area contributed by atoms with Crippen LogP contribution >= 0.6 is 11.8 Å². The zero-order valence-corrected chi connectivity index (χ0v) is 12.2. The SMILES string of the molecule is CCCNc1ccc(CSc2nc(N)cc(N)n2)cn1. The summed E-state index contributed by atoms with van der Waals surface area (Å²) in [6.07, 6.45) is 2.92. The van der Waals surface area contributed by atoms with Gasteiger partial charge >= 0.3 is 0 Å². The summed E-state index contributed by atoms with van der Waals surface area (Å²) in [5.74, 6) is 2.39. The van der Waals surface area contributed by atoms with Crippen molar-refractivity contribution in [3.63, 3.8) is 0 Å². The molecule has 0 spiro atoms. The van der Waals surface area contributed by atoms with Crippen molar-refractivity contribution in [3.8, 4) is 0 Å². The molecule has 0 aliphatic carbocycles. The van der Waals surface area contributed by atoms with Crippen molar-refractivity contribution in [3.05, 3.63) is 30.0 Å².